The van der Waals surface area contributed by atoms with Crippen molar-refractivity contribution in [1.29, 1.82) is 0 Å². The minimum absolute atomic E-state index is 0.363. The third-order valence-electron chi connectivity index (χ3n) is 6.65. The van der Waals surface area contributed by atoms with E-state index in [-0.39, 0.29) is 0 Å². The van der Waals surface area contributed by atoms with Crippen LogP contribution in [0.4, 0.5) is 5.69 Å². The van der Waals surface area contributed by atoms with Gasteiger partial charge in [0.2, 0.25) is 0 Å². The van der Waals surface area contributed by atoms with Crippen LogP contribution in [0.15, 0.2) is 47.7 Å². The SMILES string of the molecule is CCCC1SC(=NCCCC(CC)c2cccnc2)N(C(=S)Nc2cc(Cl)ccc2C)C1CCC. The van der Waals surface area contributed by atoms with Gasteiger partial charge in [0.1, 0.15) is 0 Å². The van der Waals surface area contributed by atoms with Gasteiger partial charge in [-0.3, -0.25) is 14.9 Å². The van der Waals surface area contributed by atoms with Crippen molar-refractivity contribution in [2.75, 3.05) is 11.9 Å². The van der Waals surface area contributed by atoms with Crippen molar-refractivity contribution in [1.82, 2.24) is 9.88 Å². The molecule has 1 aliphatic rings. The molecular weight excluding hydrogens is 492 g/mol. The number of halogens is 1. The van der Waals surface area contributed by atoms with Gasteiger partial charge < -0.3 is 5.32 Å². The van der Waals surface area contributed by atoms with Crippen LogP contribution in [0.3, 0.4) is 0 Å². The first-order chi connectivity index (χ1) is 17.0. The molecule has 35 heavy (non-hydrogen) atoms. The van der Waals surface area contributed by atoms with Crippen molar-refractivity contribution in [3.63, 3.8) is 0 Å². The molecule has 1 saturated heterocycles. The molecule has 0 bridgehead atoms. The number of aryl methyl sites for hydroxylation is 1. The molecule has 1 aromatic heterocycles. The summed E-state index contributed by atoms with van der Waals surface area (Å²) >= 11 is 14.2. The molecule has 1 N–H and O–H groups in total. The number of benzene rings is 1. The summed E-state index contributed by atoms with van der Waals surface area (Å²) in [4.78, 5) is 11.7. The Labute approximate surface area is 226 Å². The molecule has 1 aromatic carbocycles. The Morgan fingerprint density at radius 1 is 1.23 bits per heavy atom. The zero-order valence-corrected chi connectivity index (χ0v) is 23.9. The van der Waals surface area contributed by atoms with Crippen LogP contribution in [0.2, 0.25) is 5.02 Å². The Kier molecular flexibility index (Phi) is 11.3. The number of thiocarbonyl (C=S) groups is 1. The van der Waals surface area contributed by atoms with E-state index in [2.05, 4.69) is 49.0 Å². The third kappa shape index (κ3) is 7.68. The molecule has 0 amide bonds. The molecule has 2 heterocycles. The molecule has 4 nitrogen and oxygen atoms in total. The Bertz CT molecular complexity index is 982. The van der Waals surface area contributed by atoms with Crippen molar-refractivity contribution < 1.29 is 0 Å². The van der Waals surface area contributed by atoms with E-state index < -0.39 is 0 Å². The highest BCUT2D eigenvalue weighted by Crippen LogP contribution is 2.38. The minimum Gasteiger partial charge on any atom is -0.332 e. The molecule has 1 aliphatic heterocycles. The maximum atomic E-state index is 6.27. The van der Waals surface area contributed by atoms with Crippen molar-refractivity contribution in [2.24, 2.45) is 4.99 Å². The highest BCUT2D eigenvalue weighted by Gasteiger charge is 2.40. The lowest BCUT2D eigenvalue weighted by Crippen LogP contribution is -2.44. The molecule has 0 spiro atoms. The number of rotatable bonds is 11. The number of anilines is 1. The predicted molar refractivity (Wildman–Crippen MR) is 158 cm³/mol. The maximum absolute atomic E-state index is 6.27. The number of nitrogens with zero attached hydrogens (tertiary/aromatic N) is 3. The normalized spacial score (nSPS) is 19.8. The van der Waals surface area contributed by atoms with Gasteiger partial charge in [-0.25, -0.2) is 0 Å². The van der Waals surface area contributed by atoms with Gasteiger partial charge in [0.15, 0.2) is 10.3 Å². The van der Waals surface area contributed by atoms with E-state index in [9.17, 15) is 0 Å². The van der Waals surface area contributed by atoms with Crippen LogP contribution >= 0.6 is 35.6 Å². The molecular formula is C28H39ClN4S2. The number of nitrogens with one attached hydrogen (secondary N) is 1. The lowest BCUT2D eigenvalue weighted by Gasteiger charge is -2.29. The number of pyridine rings is 1. The highest BCUT2D eigenvalue weighted by atomic mass is 35.5. The second-order valence-corrected chi connectivity index (χ2v) is 11.3. The summed E-state index contributed by atoms with van der Waals surface area (Å²) in [6, 6.07) is 10.5. The van der Waals surface area contributed by atoms with Crippen LogP contribution in [-0.2, 0) is 0 Å². The maximum Gasteiger partial charge on any atom is 0.179 e. The second kappa shape index (κ2) is 14.2. The van der Waals surface area contributed by atoms with Crippen molar-refractivity contribution in [3.05, 3.63) is 58.9 Å². The molecule has 1 fully saturated rings. The standard InChI is InChI=1S/C28H39ClN4S2/c1-5-10-25-26(11-6-2)35-28(31-17-9-12-21(7-3)22-13-8-16-30-19-22)33(25)27(34)32-24-18-23(29)15-14-20(24)4/h8,13-16,18-19,21,25-26H,5-7,9-12,17H2,1-4H3,(H,32,34). The molecule has 2 aromatic rings. The van der Waals surface area contributed by atoms with Crippen molar-refractivity contribution in [2.45, 2.75) is 89.9 Å². The third-order valence-corrected chi connectivity index (χ3v) is 8.57. The Morgan fingerprint density at radius 3 is 2.71 bits per heavy atom. The first-order valence-electron chi connectivity index (χ1n) is 13.0. The molecule has 0 radical (unpaired) electrons. The van der Waals surface area contributed by atoms with E-state index in [1.807, 2.05) is 48.4 Å². The quantitative estimate of drug-likeness (QED) is 0.233. The van der Waals surface area contributed by atoms with Crippen LogP contribution in [0.25, 0.3) is 0 Å². The molecule has 3 atom stereocenters. The first kappa shape index (κ1) is 27.9. The van der Waals surface area contributed by atoms with Gasteiger partial charge in [-0.05, 0) is 86.5 Å². The lowest BCUT2D eigenvalue weighted by molar-refractivity contribution is 0.400. The molecule has 3 rings (SSSR count). The summed E-state index contributed by atoms with van der Waals surface area (Å²) in [5, 5.41) is 6.49. The van der Waals surface area contributed by atoms with E-state index >= 15 is 0 Å². The van der Waals surface area contributed by atoms with Gasteiger partial charge in [0.05, 0.1) is 6.04 Å². The van der Waals surface area contributed by atoms with Crippen LogP contribution in [0.1, 0.15) is 82.8 Å². The van der Waals surface area contributed by atoms with Gasteiger partial charge in [0.25, 0.3) is 0 Å². The number of amidine groups is 1. The van der Waals surface area contributed by atoms with Crippen LogP contribution in [0, 0.1) is 6.92 Å². The summed E-state index contributed by atoms with van der Waals surface area (Å²) in [7, 11) is 0. The van der Waals surface area contributed by atoms with Gasteiger partial charge in [-0.1, -0.05) is 69.1 Å². The fraction of sp³-hybridized carbons (Fsp3) is 0.536. The van der Waals surface area contributed by atoms with E-state index in [0.29, 0.717) is 22.2 Å². The zero-order chi connectivity index (χ0) is 25.2. The molecule has 0 aliphatic carbocycles. The first-order valence-corrected chi connectivity index (χ1v) is 14.6. The van der Waals surface area contributed by atoms with Gasteiger partial charge in [0, 0.05) is 34.9 Å². The summed E-state index contributed by atoms with van der Waals surface area (Å²) < 4.78 is 0. The summed E-state index contributed by atoms with van der Waals surface area (Å²) in [5.74, 6) is 0.533. The van der Waals surface area contributed by atoms with Crippen LogP contribution in [0.5, 0.6) is 0 Å². The summed E-state index contributed by atoms with van der Waals surface area (Å²) in [6.45, 7) is 9.65. The largest absolute Gasteiger partial charge is 0.332 e. The minimum atomic E-state index is 0.363. The smallest absolute Gasteiger partial charge is 0.179 e. The number of aliphatic imine (C=N–C) groups is 1. The van der Waals surface area contributed by atoms with E-state index in [0.717, 1.165) is 66.6 Å². The average Bonchev–Trinajstić information content (AvgIpc) is 3.19. The fourth-order valence-electron chi connectivity index (χ4n) is 4.72. The number of aromatic nitrogens is 1. The second-order valence-electron chi connectivity index (χ2n) is 9.26. The zero-order valence-electron chi connectivity index (χ0n) is 21.5. The molecule has 7 heteroatoms. The number of hydrogen-bond acceptors (Lipinski definition) is 4. The van der Waals surface area contributed by atoms with Crippen LogP contribution < -0.4 is 5.32 Å². The highest BCUT2D eigenvalue weighted by molar-refractivity contribution is 8.14. The molecule has 0 saturated carbocycles. The Morgan fingerprint density at radius 2 is 2.03 bits per heavy atom. The fourth-order valence-corrected chi connectivity index (χ4v) is 6.82. The van der Waals surface area contributed by atoms with E-state index in [1.54, 1.807) is 0 Å². The van der Waals surface area contributed by atoms with Crippen LogP contribution in [-0.4, -0.2) is 38.0 Å². The summed E-state index contributed by atoms with van der Waals surface area (Å²) in [6.07, 6.45) is 11.7. The van der Waals surface area contributed by atoms with Gasteiger partial charge >= 0.3 is 0 Å². The Balaban J connectivity index is 1.75. The lowest BCUT2D eigenvalue weighted by atomic mass is 9.93. The average molecular weight is 531 g/mol. The predicted octanol–water partition coefficient (Wildman–Crippen LogP) is 8.46. The van der Waals surface area contributed by atoms with E-state index in [4.69, 9.17) is 28.8 Å². The molecule has 3 unspecified atom stereocenters. The van der Waals surface area contributed by atoms with Gasteiger partial charge in [-0.15, -0.1) is 0 Å². The van der Waals surface area contributed by atoms with Crippen molar-refractivity contribution >= 4 is 51.5 Å². The van der Waals surface area contributed by atoms with Crippen molar-refractivity contribution in [3.8, 4) is 0 Å². The van der Waals surface area contributed by atoms with Gasteiger partial charge in [-0.2, -0.15) is 0 Å². The monoisotopic (exact) mass is 530 g/mol. The van der Waals surface area contributed by atoms with E-state index in [1.165, 1.54) is 12.0 Å². The Hall–Kier alpha value is -1.63. The number of hydrogen-bond donors (Lipinski definition) is 1. The molecule has 190 valence electrons. The summed E-state index contributed by atoms with van der Waals surface area (Å²) in [5.41, 5.74) is 3.41. The topological polar surface area (TPSA) is 40.5 Å². The number of thioether (sulfide) groups is 1.